The Balaban J connectivity index is 1.68. The van der Waals surface area contributed by atoms with Crippen molar-refractivity contribution in [3.05, 3.63) is 95.8 Å². The number of allylic oxidation sites excluding steroid dienone is 2. The van der Waals surface area contributed by atoms with Gasteiger partial charge >= 0.3 is 0 Å². The van der Waals surface area contributed by atoms with E-state index in [1.165, 1.54) is 17.5 Å². The zero-order valence-electron chi connectivity index (χ0n) is 14.4. The lowest BCUT2D eigenvalue weighted by molar-refractivity contribution is 0.406. The molecule has 3 aliphatic rings. The molecule has 2 aromatic carbocycles. The summed E-state index contributed by atoms with van der Waals surface area (Å²) in [6.45, 7) is 4.91. The number of rotatable bonds is 2. The molecule has 0 heterocycles. The van der Waals surface area contributed by atoms with E-state index in [1.807, 2.05) is 0 Å². The minimum atomic E-state index is 0.126. The van der Waals surface area contributed by atoms with E-state index >= 15 is 0 Å². The molecule has 4 atom stereocenters. The molecule has 24 heavy (non-hydrogen) atoms. The van der Waals surface area contributed by atoms with Gasteiger partial charge in [0.25, 0.3) is 0 Å². The summed E-state index contributed by atoms with van der Waals surface area (Å²) in [6.07, 6.45) is 6.34. The van der Waals surface area contributed by atoms with Gasteiger partial charge in [0.05, 0.1) is 0 Å². The van der Waals surface area contributed by atoms with E-state index in [-0.39, 0.29) is 5.41 Å². The van der Waals surface area contributed by atoms with E-state index < -0.39 is 0 Å². The fourth-order valence-electron chi connectivity index (χ4n) is 5.93. The fourth-order valence-corrected chi connectivity index (χ4v) is 5.93. The van der Waals surface area contributed by atoms with Crippen LogP contribution in [0.25, 0.3) is 0 Å². The number of hydrogen-bond donors (Lipinski definition) is 0. The van der Waals surface area contributed by atoms with Gasteiger partial charge in [0.1, 0.15) is 0 Å². The van der Waals surface area contributed by atoms with Crippen molar-refractivity contribution in [1.29, 1.82) is 0 Å². The largest absolute Gasteiger partial charge is 0.0848 e. The molecule has 0 nitrogen and oxygen atoms in total. The molecular weight excluding hydrogens is 288 g/mol. The van der Waals surface area contributed by atoms with Crippen LogP contribution < -0.4 is 0 Å². The maximum absolute atomic E-state index is 2.50. The van der Waals surface area contributed by atoms with E-state index in [9.17, 15) is 0 Å². The van der Waals surface area contributed by atoms with Gasteiger partial charge < -0.3 is 0 Å². The lowest BCUT2D eigenvalue weighted by atomic mass is 9.67. The van der Waals surface area contributed by atoms with Crippen LogP contribution in [0.3, 0.4) is 0 Å². The molecule has 0 heteroatoms. The van der Waals surface area contributed by atoms with E-state index in [0.717, 1.165) is 11.8 Å². The molecule has 0 amide bonds. The van der Waals surface area contributed by atoms with E-state index in [2.05, 4.69) is 86.7 Å². The molecule has 2 saturated carbocycles. The smallest absolute Gasteiger partial charge is 0.0155 e. The van der Waals surface area contributed by atoms with Crippen molar-refractivity contribution < 1.29 is 0 Å². The molecule has 120 valence electrons. The van der Waals surface area contributed by atoms with Crippen LogP contribution in [0.4, 0.5) is 0 Å². The van der Waals surface area contributed by atoms with Crippen LogP contribution >= 0.6 is 0 Å². The lowest BCUT2D eigenvalue weighted by Gasteiger charge is -2.36. The predicted octanol–water partition coefficient (Wildman–Crippen LogP) is 5.71. The maximum atomic E-state index is 2.50. The number of fused-ring (bicyclic) bond motifs is 5. The second kappa shape index (κ2) is 5.09. The summed E-state index contributed by atoms with van der Waals surface area (Å²) in [5.41, 5.74) is 3.02. The van der Waals surface area contributed by atoms with Crippen molar-refractivity contribution in [1.82, 2.24) is 0 Å². The normalized spacial score (nSPS) is 33.9. The Labute approximate surface area is 145 Å². The predicted molar refractivity (Wildman–Crippen MR) is 99.1 cm³/mol. The first kappa shape index (κ1) is 14.5. The monoisotopic (exact) mass is 312 g/mol. The van der Waals surface area contributed by atoms with Crippen LogP contribution in [-0.2, 0) is 0 Å². The van der Waals surface area contributed by atoms with Crippen molar-refractivity contribution in [2.45, 2.75) is 20.3 Å². The zero-order chi connectivity index (χ0) is 16.3. The average Bonchev–Trinajstić information content (AvgIpc) is 3.25. The van der Waals surface area contributed by atoms with Crippen molar-refractivity contribution in [3.8, 4) is 0 Å². The molecule has 0 aliphatic heterocycles. The molecule has 2 aromatic rings. The molecule has 2 fully saturated rings. The highest BCUT2D eigenvalue weighted by atomic mass is 14.7. The van der Waals surface area contributed by atoms with Crippen LogP contribution in [0.15, 0.2) is 72.8 Å². The molecule has 0 N–H and O–H groups in total. The van der Waals surface area contributed by atoms with E-state index in [0.29, 0.717) is 11.8 Å². The van der Waals surface area contributed by atoms with E-state index in [4.69, 9.17) is 0 Å². The van der Waals surface area contributed by atoms with Crippen molar-refractivity contribution in [2.75, 3.05) is 0 Å². The third-order valence-corrected chi connectivity index (χ3v) is 6.64. The number of hydrogen-bond acceptors (Lipinski definition) is 0. The maximum Gasteiger partial charge on any atom is 0.0155 e. The first-order chi connectivity index (χ1) is 11.7. The van der Waals surface area contributed by atoms with Crippen molar-refractivity contribution in [3.63, 3.8) is 0 Å². The summed E-state index contributed by atoms with van der Waals surface area (Å²) >= 11 is 0. The van der Waals surface area contributed by atoms with Gasteiger partial charge in [-0.1, -0.05) is 86.7 Å². The van der Waals surface area contributed by atoms with Crippen molar-refractivity contribution in [2.24, 2.45) is 29.1 Å². The van der Waals surface area contributed by atoms with E-state index in [1.54, 1.807) is 11.8 Å². The summed E-state index contributed by atoms with van der Waals surface area (Å²) in [5, 5.41) is 0. The average molecular weight is 312 g/mol. The molecule has 2 bridgehead atoms. The minimum absolute atomic E-state index is 0.126. The van der Waals surface area contributed by atoms with Gasteiger partial charge in [-0.2, -0.15) is 0 Å². The standard InChI is InChI=1S/C24H24/c1-24(2)22(16-9-5-3-6-10-16)20-18-13-14-19(15-18)21(20)23(24)17-11-7-4-8-12-17/h3-14,18-21H,15H2,1-2H3. The summed E-state index contributed by atoms with van der Waals surface area (Å²) < 4.78 is 0. The molecule has 4 unspecified atom stereocenters. The van der Waals surface area contributed by atoms with Crippen LogP contribution in [-0.4, -0.2) is 0 Å². The first-order valence-electron chi connectivity index (χ1n) is 9.22. The van der Waals surface area contributed by atoms with Gasteiger partial charge in [-0.05, 0) is 46.6 Å². The topological polar surface area (TPSA) is 0 Å². The molecule has 2 radical (unpaired) electrons. The molecular formula is C24H24. The molecule has 3 aliphatic carbocycles. The Morgan fingerprint density at radius 3 is 1.50 bits per heavy atom. The Hall–Kier alpha value is -1.82. The second-order valence-electron chi connectivity index (χ2n) is 8.18. The van der Waals surface area contributed by atoms with Gasteiger partial charge in [0.15, 0.2) is 0 Å². The van der Waals surface area contributed by atoms with Gasteiger partial charge in [0, 0.05) is 11.8 Å². The van der Waals surface area contributed by atoms with Crippen molar-refractivity contribution >= 4 is 0 Å². The Morgan fingerprint density at radius 1 is 0.667 bits per heavy atom. The zero-order valence-corrected chi connectivity index (χ0v) is 14.4. The Bertz CT molecular complexity index is 692. The summed E-state index contributed by atoms with van der Waals surface area (Å²) in [7, 11) is 0. The summed E-state index contributed by atoms with van der Waals surface area (Å²) in [6, 6.07) is 22.3. The van der Waals surface area contributed by atoms with Gasteiger partial charge in [0.2, 0.25) is 0 Å². The second-order valence-corrected chi connectivity index (χ2v) is 8.18. The van der Waals surface area contributed by atoms with Crippen LogP contribution in [0.5, 0.6) is 0 Å². The molecule has 0 saturated heterocycles. The molecule has 0 aromatic heterocycles. The van der Waals surface area contributed by atoms with Gasteiger partial charge in [-0.25, -0.2) is 0 Å². The third kappa shape index (κ3) is 1.86. The highest BCUT2D eigenvalue weighted by Crippen LogP contribution is 2.70. The minimum Gasteiger partial charge on any atom is -0.0848 e. The molecule has 5 rings (SSSR count). The summed E-state index contributed by atoms with van der Waals surface area (Å²) in [5.74, 6) is 6.18. The quantitative estimate of drug-likeness (QED) is 0.623. The number of benzene rings is 2. The third-order valence-electron chi connectivity index (χ3n) is 6.64. The molecule has 0 spiro atoms. The summed E-state index contributed by atoms with van der Waals surface area (Å²) in [4.78, 5) is 0. The SMILES string of the molecule is CC1(C)[C](c2ccccc2)C2C3C=CC(C3)C2[C]1c1ccccc1. The fraction of sp³-hybridized carbons (Fsp3) is 0.333. The van der Waals surface area contributed by atoms with Crippen LogP contribution in [0.2, 0.25) is 0 Å². The van der Waals surface area contributed by atoms with Gasteiger partial charge in [-0.15, -0.1) is 0 Å². The Kier molecular flexibility index (Phi) is 3.08. The Morgan fingerprint density at radius 2 is 1.08 bits per heavy atom. The lowest BCUT2D eigenvalue weighted by Crippen LogP contribution is -2.28. The van der Waals surface area contributed by atoms with Crippen LogP contribution in [0, 0.1) is 40.9 Å². The highest BCUT2D eigenvalue weighted by Gasteiger charge is 2.64. The first-order valence-corrected chi connectivity index (χ1v) is 9.22. The van der Waals surface area contributed by atoms with Gasteiger partial charge in [-0.3, -0.25) is 0 Å². The van der Waals surface area contributed by atoms with Crippen LogP contribution in [0.1, 0.15) is 31.4 Å². The highest BCUT2D eigenvalue weighted by molar-refractivity contribution is 5.54.